The minimum absolute atomic E-state index is 0.261. The van der Waals surface area contributed by atoms with Crippen LogP contribution in [0.2, 0.25) is 0 Å². The quantitative estimate of drug-likeness (QED) is 0.361. The Morgan fingerprint density at radius 2 is 0.759 bits per heavy atom. The van der Waals surface area contributed by atoms with Gasteiger partial charge in [-0.3, -0.25) is 0 Å². The summed E-state index contributed by atoms with van der Waals surface area (Å²) in [6.07, 6.45) is 4.09. The van der Waals surface area contributed by atoms with Gasteiger partial charge in [0.25, 0.3) is 0 Å². The van der Waals surface area contributed by atoms with E-state index < -0.39 is 0 Å². The second-order valence-corrected chi connectivity index (χ2v) is 8.97. The zero-order valence-electron chi connectivity index (χ0n) is 16.2. The first-order valence-corrected chi connectivity index (χ1v) is 10.6. The summed E-state index contributed by atoms with van der Waals surface area (Å²) in [5.41, 5.74) is 14.6. The van der Waals surface area contributed by atoms with Gasteiger partial charge in [0.05, 0.1) is 25.7 Å². The van der Waals surface area contributed by atoms with Crippen molar-refractivity contribution in [2.75, 3.05) is 0 Å². The van der Waals surface area contributed by atoms with Crippen molar-refractivity contribution >= 4 is 0 Å². The monoisotopic (exact) mass is 372 g/mol. The molecule has 2 aromatic heterocycles. The van der Waals surface area contributed by atoms with Gasteiger partial charge in [-0.15, -0.1) is 9.13 Å². The minimum Gasteiger partial charge on any atom is -0.127 e. The molecule has 0 saturated heterocycles. The second kappa shape index (κ2) is 4.65. The molecular formula is C27H20N2+2. The molecule has 2 heteroatoms. The Bertz CT molecular complexity index is 1110. The predicted octanol–water partition coefficient (Wildman–Crippen LogP) is 3.18. The molecule has 4 aliphatic rings. The molecule has 0 atom stereocenters. The lowest BCUT2D eigenvalue weighted by molar-refractivity contribution is -0.986. The average Bonchev–Trinajstić information content (AvgIpc) is 2.74. The number of hydrogen-bond donors (Lipinski definition) is 0. The molecule has 6 heterocycles. The van der Waals surface area contributed by atoms with Crippen molar-refractivity contribution < 1.29 is 9.13 Å². The zero-order chi connectivity index (χ0) is 18.7. The molecule has 0 saturated carbocycles. The van der Waals surface area contributed by atoms with Crippen molar-refractivity contribution in [1.82, 2.24) is 0 Å². The Kier molecular flexibility index (Phi) is 2.36. The van der Waals surface area contributed by atoms with Crippen molar-refractivity contribution in [3.8, 4) is 0 Å². The van der Waals surface area contributed by atoms with E-state index in [0.717, 1.165) is 25.7 Å². The van der Waals surface area contributed by atoms with Gasteiger partial charge in [0.2, 0.25) is 0 Å². The highest BCUT2D eigenvalue weighted by Crippen LogP contribution is 2.47. The molecule has 2 aromatic carbocycles. The Hall–Kier alpha value is -3.26. The number of pyridine rings is 2. The molecule has 136 valence electrons. The smallest absolute Gasteiger partial charge is 0.127 e. The molecule has 0 unspecified atom stereocenters. The maximum Gasteiger partial charge on any atom is 0.416 e. The standard InChI is InChI=1S/C27H20N2/c1-5-17-13-21-9-3-11-23-15-19-7-2-8-20-16-24-12-4-10-22-14-18(6-1)25(17)27(26(19)20,28(21)23)29(22)24/h1-12H,13-16H2/q+2. The first-order chi connectivity index (χ1) is 14.4. The van der Waals surface area contributed by atoms with Crippen LogP contribution in [-0.4, -0.2) is 0 Å². The van der Waals surface area contributed by atoms with Crippen LogP contribution in [0.4, 0.5) is 0 Å². The Morgan fingerprint density at radius 3 is 1.10 bits per heavy atom. The van der Waals surface area contributed by atoms with Crippen LogP contribution in [0.3, 0.4) is 0 Å². The molecule has 0 amide bonds. The summed E-state index contributed by atoms with van der Waals surface area (Å²) in [5.74, 6) is 0. The lowest BCUT2D eigenvalue weighted by Crippen LogP contribution is -2.83. The average molecular weight is 372 g/mol. The maximum atomic E-state index is 2.70. The van der Waals surface area contributed by atoms with Crippen LogP contribution >= 0.6 is 0 Å². The van der Waals surface area contributed by atoms with Crippen molar-refractivity contribution in [2.24, 2.45) is 0 Å². The maximum absolute atomic E-state index is 2.70. The summed E-state index contributed by atoms with van der Waals surface area (Å²) in [6.45, 7) is 0. The van der Waals surface area contributed by atoms with E-state index in [0.29, 0.717) is 0 Å². The largest absolute Gasteiger partial charge is 0.416 e. The lowest BCUT2D eigenvalue weighted by atomic mass is 9.69. The summed E-state index contributed by atoms with van der Waals surface area (Å²) in [7, 11) is 0. The van der Waals surface area contributed by atoms with Gasteiger partial charge in [-0.05, 0) is 34.4 Å². The van der Waals surface area contributed by atoms with Gasteiger partial charge in [-0.2, -0.15) is 0 Å². The fraction of sp³-hybridized carbons (Fsp3) is 0.185. The zero-order valence-corrected chi connectivity index (χ0v) is 16.2. The van der Waals surface area contributed by atoms with E-state index in [1.54, 1.807) is 11.1 Å². The second-order valence-electron chi connectivity index (χ2n) is 8.97. The molecular weight excluding hydrogens is 352 g/mol. The van der Waals surface area contributed by atoms with E-state index >= 15 is 0 Å². The van der Waals surface area contributed by atoms with Crippen LogP contribution in [0.1, 0.15) is 56.2 Å². The Labute approximate surface area is 169 Å². The van der Waals surface area contributed by atoms with Crippen LogP contribution < -0.4 is 9.13 Å². The van der Waals surface area contributed by atoms with Crippen LogP contribution in [0.25, 0.3) is 0 Å². The van der Waals surface area contributed by atoms with Gasteiger partial charge in [0, 0.05) is 24.3 Å². The van der Waals surface area contributed by atoms with E-state index in [9.17, 15) is 0 Å². The van der Waals surface area contributed by atoms with Gasteiger partial charge in [-0.1, -0.05) is 36.4 Å². The van der Waals surface area contributed by atoms with Crippen LogP contribution in [0.15, 0.2) is 72.8 Å². The number of hydrogen-bond acceptors (Lipinski definition) is 0. The number of aromatic nitrogens is 2. The van der Waals surface area contributed by atoms with Crippen molar-refractivity contribution in [2.45, 2.75) is 31.3 Å². The molecule has 29 heavy (non-hydrogen) atoms. The molecule has 4 aromatic rings. The topological polar surface area (TPSA) is 7.76 Å². The minimum atomic E-state index is -0.261. The van der Waals surface area contributed by atoms with E-state index in [1.807, 2.05) is 0 Å². The number of benzene rings is 2. The SMILES string of the molecule is c1cc2c3c(c1)Cc1cccc4[n+]1C31c3c(cccc3C4)Cc3cccc([n+]31)C2. The highest BCUT2D eigenvalue weighted by molar-refractivity contribution is 5.56. The van der Waals surface area contributed by atoms with Crippen LogP contribution in [-0.2, 0) is 31.3 Å². The van der Waals surface area contributed by atoms with Crippen LogP contribution in [0.5, 0.6) is 0 Å². The fourth-order valence-corrected chi connectivity index (χ4v) is 6.83. The van der Waals surface area contributed by atoms with E-state index in [1.165, 1.54) is 45.0 Å². The molecule has 0 radical (unpaired) electrons. The normalized spacial score (nSPS) is 17.4. The highest BCUT2D eigenvalue weighted by atomic mass is 15.3. The van der Waals surface area contributed by atoms with E-state index in [2.05, 4.69) is 81.9 Å². The van der Waals surface area contributed by atoms with Crippen molar-refractivity contribution in [1.29, 1.82) is 0 Å². The highest BCUT2D eigenvalue weighted by Gasteiger charge is 2.68. The summed E-state index contributed by atoms with van der Waals surface area (Å²) in [4.78, 5) is 0. The summed E-state index contributed by atoms with van der Waals surface area (Å²) < 4.78 is 5.41. The molecule has 4 aliphatic heterocycles. The van der Waals surface area contributed by atoms with Gasteiger partial charge < -0.3 is 0 Å². The van der Waals surface area contributed by atoms with Crippen molar-refractivity contribution in [3.05, 3.63) is 129 Å². The fourth-order valence-electron chi connectivity index (χ4n) is 6.83. The third-order valence-corrected chi connectivity index (χ3v) is 7.61. The number of rotatable bonds is 0. The molecule has 0 bridgehead atoms. The summed E-state index contributed by atoms with van der Waals surface area (Å²) in [6, 6.07) is 27.9. The first kappa shape index (κ1) is 14.7. The molecule has 0 aliphatic carbocycles. The Morgan fingerprint density at radius 1 is 0.448 bits per heavy atom. The van der Waals surface area contributed by atoms with E-state index in [-0.39, 0.29) is 5.66 Å². The van der Waals surface area contributed by atoms with E-state index in [4.69, 9.17) is 0 Å². The van der Waals surface area contributed by atoms with Gasteiger partial charge in [0.15, 0.2) is 22.8 Å². The lowest BCUT2D eigenvalue weighted by Gasteiger charge is -2.42. The third kappa shape index (κ3) is 1.49. The predicted molar refractivity (Wildman–Crippen MR) is 109 cm³/mol. The Balaban J connectivity index is 1.70. The third-order valence-electron chi connectivity index (χ3n) is 7.61. The van der Waals surface area contributed by atoms with Gasteiger partial charge in [0.1, 0.15) is 11.1 Å². The summed E-state index contributed by atoms with van der Waals surface area (Å²) in [5, 5.41) is 0. The molecule has 0 N–H and O–H groups in total. The van der Waals surface area contributed by atoms with Crippen LogP contribution in [0, 0.1) is 0 Å². The summed E-state index contributed by atoms with van der Waals surface area (Å²) >= 11 is 0. The first-order valence-electron chi connectivity index (χ1n) is 10.6. The number of nitrogens with zero attached hydrogens (tertiary/aromatic N) is 2. The van der Waals surface area contributed by atoms with Gasteiger partial charge in [-0.25, -0.2) is 0 Å². The molecule has 8 rings (SSSR count). The van der Waals surface area contributed by atoms with Crippen molar-refractivity contribution in [3.63, 3.8) is 0 Å². The molecule has 1 spiro atoms. The molecule has 0 fully saturated rings. The molecule has 2 nitrogen and oxygen atoms in total. The van der Waals surface area contributed by atoms with Gasteiger partial charge >= 0.3 is 5.66 Å².